The van der Waals surface area contributed by atoms with Gasteiger partial charge in [0.2, 0.25) is 11.0 Å². The summed E-state index contributed by atoms with van der Waals surface area (Å²) in [4.78, 5) is 3.38. The second-order valence-corrected chi connectivity index (χ2v) is 6.63. The van der Waals surface area contributed by atoms with Gasteiger partial charge in [0, 0.05) is 22.7 Å². The van der Waals surface area contributed by atoms with E-state index in [0.717, 1.165) is 33.3 Å². The minimum Gasteiger partial charge on any atom is -0.508 e. The monoisotopic (exact) mass is 435 g/mol. The number of phenolic OH excluding ortho intramolecular Hbond substituents is 1. The average molecular weight is 436 g/mol. The van der Waals surface area contributed by atoms with Gasteiger partial charge in [0.05, 0.1) is 11.5 Å². The molecule has 0 saturated carbocycles. The van der Waals surface area contributed by atoms with Crippen molar-refractivity contribution in [2.75, 3.05) is 0 Å². The molecule has 4 rings (SSSR count). The SMILES string of the molecule is F[B-](F)(F)F.Oc1ccc([NH+]=c2cc(-c3ccccc3)oc3ccc(Cl)cc23)cc1. The van der Waals surface area contributed by atoms with Crippen LogP contribution in [-0.4, -0.2) is 12.4 Å². The number of fused-ring (bicyclic) bond motifs is 1. The minimum absolute atomic E-state index is 0.228. The first-order chi connectivity index (χ1) is 14.2. The molecule has 30 heavy (non-hydrogen) atoms. The van der Waals surface area contributed by atoms with Crippen molar-refractivity contribution in [3.8, 4) is 17.1 Å². The maximum Gasteiger partial charge on any atom is 0.673 e. The zero-order valence-corrected chi connectivity index (χ0v) is 16.1. The van der Waals surface area contributed by atoms with Crippen LogP contribution in [0.3, 0.4) is 0 Å². The Labute approximate surface area is 174 Å². The van der Waals surface area contributed by atoms with Crippen molar-refractivity contribution in [3.63, 3.8) is 0 Å². The summed E-state index contributed by atoms with van der Waals surface area (Å²) in [6.07, 6.45) is 0. The van der Waals surface area contributed by atoms with E-state index in [-0.39, 0.29) is 5.75 Å². The largest absolute Gasteiger partial charge is 0.673 e. The van der Waals surface area contributed by atoms with Crippen LogP contribution in [-0.2, 0) is 0 Å². The van der Waals surface area contributed by atoms with Crippen LogP contribution in [0, 0.1) is 0 Å². The van der Waals surface area contributed by atoms with Crippen LogP contribution in [0.2, 0.25) is 5.02 Å². The number of hydrogen-bond donors (Lipinski definition) is 2. The molecule has 0 aliphatic heterocycles. The molecule has 0 bridgehead atoms. The number of benzene rings is 3. The molecule has 0 atom stereocenters. The summed E-state index contributed by atoms with van der Waals surface area (Å²) in [6, 6.07) is 24.4. The van der Waals surface area contributed by atoms with Crippen LogP contribution in [0.4, 0.5) is 23.0 Å². The summed E-state index contributed by atoms with van der Waals surface area (Å²) in [7, 11) is -6.00. The quantitative estimate of drug-likeness (QED) is 0.262. The van der Waals surface area contributed by atoms with Crippen molar-refractivity contribution in [3.05, 3.63) is 89.2 Å². The third-order valence-corrected chi connectivity index (χ3v) is 4.17. The molecule has 9 heteroatoms. The molecule has 2 N–H and O–H groups in total. The lowest BCUT2D eigenvalue weighted by atomic mass is 10.1. The molecular weight excluding hydrogens is 420 g/mol. The van der Waals surface area contributed by atoms with E-state index >= 15 is 0 Å². The van der Waals surface area contributed by atoms with E-state index in [1.165, 1.54) is 0 Å². The highest BCUT2D eigenvalue weighted by Crippen LogP contribution is 2.23. The molecule has 0 amide bonds. The lowest BCUT2D eigenvalue weighted by Gasteiger charge is -2.03. The Kier molecular flexibility index (Phi) is 6.47. The molecule has 0 spiro atoms. The first kappa shape index (κ1) is 21.5. The number of rotatable bonds is 2. The Morgan fingerprint density at radius 2 is 1.47 bits per heavy atom. The topological polar surface area (TPSA) is 47.3 Å². The van der Waals surface area contributed by atoms with Crippen LogP contribution in [0.1, 0.15) is 0 Å². The zero-order valence-electron chi connectivity index (χ0n) is 15.3. The van der Waals surface area contributed by atoms with Crippen molar-refractivity contribution in [2.24, 2.45) is 0 Å². The lowest BCUT2D eigenvalue weighted by molar-refractivity contribution is -0.400. The summed E-state index contributed by atoms with van der Waals surface area (Å²) in [5.74, 6) is 0.989. The maximum absolute atomic E-state index is 9.75. The third kappa shape index (κ3) is 6.12. The van der Waals surface area contributed by atoms with E-state index in [4.69, 9.17) is 16.0 Å². The Morgan fingerprint density at radius 1 is 0.833 bits per heavy atom. The van der Waals surface area contributed by atoms with Crippen LogP contribution in [0.15, 0.2) is 83.3 Å². The van der Waals surface area contributed by atoms with Crippen LogP contribution in [0.25, 0.3) is 22.3 Å². The smallest absolute Gasteiger partial charge is 0.508 e. The highest BCUT2D eigenvalue weighted by Gasteiger charge is 2.20. The molecule has 154 valence electrons. The van der Waals surface area contributed by atoms with Gasteiger partial charge in [0.25, 0.3) is 0 Å². The van der Waals surface area contributed by atoms with Gasteiger partial charge >= 0.3 is 7.25 Å². The Morgan fingerprint density at radius 3 is 2.10 bits per heavy atom. The molecule has 0 aliphatic carbocycles. The van der Waals surface area contributed by atoms with Crippen molar-refractivity contribution in [1.82, 2.24) is 0 Å². The van der Waals surface area contributed by atoms with E-state index in [0.29, 0.717) is 5.02 Å². The first-order valence-corrected chi connectivity index (χ1v) is 9.12. The molecule has 0 fully saturated rings. The molecule has 0 unspecified atom stereocenters. The Bertz CT molecular complexity index is 1200. The Balaban J connectivity index is 0.000000461. The molecule has 1 aromatic heterocycles. The van der Waals surface area contributed by atoms with E-state index < -0.39 is 7.25 Å². The van der Waals surface area contributed by atoms with Crippen LogP contribution < -0.4 is 10.3 Å². The Hall–Kier alpha value is -3.26. The highest BCUT2D eigenvalue weighted by molar-refractivity contribution is 6.50. The molecule has 1 heterocycles. The first-order valence-electron chi connectivity index (χ1n) is 8.74. The highest BCUT2D eigenvalue weighted by atomic mass is 35.5. The summed E-state index contributed by atoms with van der Waals surface area (Å²) in [6.45, 7) is 0. The van der Waals surface area contributed by atoms with Gasteiger partial charge in [-0.2, -0.15) is 0 Å². The van der Waals surface area contributed by atoms with Crippen molar-refractivity contribution in [1.29, 1.82) is 0 Å². The van der Waals surface area contributed by atoms with Crippen LogP contribution >= 0.6 is 11.6 Å². The van der Waals surface area contributed by atoms with E-state index in [1.54, 1.807) is 12.1 Å². The van der Waals surface area contributed by atoms with Gasteiger partial charge in [0.1, 0.15) is 17.1 Å². The number of halogens is 5. The van der Waals surface area contributed by atoms with Crippen molar-refractivity contribution in [2.45, 2.75) is 0 Å². The predicted octanol–water partition coefficient (Wildman–Crippen LogP) is 5.07. The number of phenols is 1. The summed E-state index contributed by atoms with van der Waals surface area (Å²) < 4.78 is 45.1. The fourth-order valence-corrected chi connectivity index (χ4v) is 2.88. The normalized spacial score (nSPS) is 11.8. The zero-order chi connectivity index (χ0) is 21.7. The van der Waals surface area contributed by atoms with Crippen LogP contribution in [0.5, 0.6) is 5.75 Å². The van der Waals surface area contributed by atoms with Gasteiger partial charge in [-0.05, 0) is 30.3 Å². The van der Waals surface area contributed by atoms with E-state index in [1.807, 2.05) is 66.7 Å². The lowest BCUT2D eigenvalue weighted by Crippen LogP contribution is -2.70. The molecule has 3 nitrogen and oxygen atoms in total. The molecular formula is C21H15BClF4NO2. The van der Waals surface area contributed by atoms with Gasteiger partial charge in [-0.15, -0.1) is 0 Å². The predicted molar refractivity (Wildman–Crippen MR) is 109 cm³/mol. The molecule has 0 radical (unpaired) electrons. The van der Waals surface area contributed by atoms with Gasteiger partial charge in [0.15, 0.2) is 0 Å². The fraction of sp³-hybridized carbons (Fsp3) is 0. The maximum atomic E-state index is 9.75. The molecule has 0 aliphatic rings. The van der Waals surface area contributed by atoms with Gasteiger partial charge in [-0.3, -0.25) is 0 Å². The van der Waals surface area contributed by atoms with E-state index in [2.05, 4.69) is 4.99 Å². The molecule has 4 aromatic rings. The van der Waals surface area contributed by atoms with E-state index in [9.17, 15) is 22.4 Å². The fourth-order valence-electron chi connectivity index (χ4n) is 2.71. The average Bonchev–Trinajstić information content (AvgIpc) is 2.69. The third-order valence-electron chi connectivity index (χ3n) is 3.93. The summed E-state index contributed by atoms with van der Waals surface area (Å²) >= 11 is 6.17. The van der Waals surface area contributed by atoms with Gasteiger partial charge < -0.3 is 26.8 Å². The second kappa shape index (κ2) is 9.05. The summed E-state index contributed by atoms with van der Waals surface area (Å²) in [5.41, 5.74) is 2.60. The van der Waals surface area contributed by atoms with Gasteiger partial charge in [-0.25, -0.2) is 4.99 Å². The minimum atomic E-state index is -6.00. The number of nitrogens with one attached hydrogen (secondary N) is 1. The number of aromatic hydroxyl groups is 1. The van der Waals surface area contributed by atoms with Crippen molar-refractivity contribution >= 4 is 35.5 Å². The second-order valence-electron chi connectivity index (χ2n) is 6.20. The summed E-state index contributed by atoms with van der Waals surface area (Å²) in [5, 5.41) is 11.9. The number of hydrogen-bond acceptors (Lipinski definition) is 2. The van der Waals surface area contributed by atoms with Crippen molar-refractivity contribution < 1.29 is 31.8 Å². The standard InChI is InChI=1S/C21H14ClNO2.BF4/c22-15-6-11-20-18(12-15)19(23-16-7-9-17(24)10-8-16)13-21(25-20)14-4-2-1-3-5-14;2-1(3,4)5/h1-13,24H;/q;-1/p+1. The van der Waals surface area contributed by atoms with Gasteiger partial charge in [-0.1, -0.05) is 41.9 Å². The molecule has 0 saturated heterocycles. The molecule has 3 aromatic carbocycles.